The molecule has 1 N–H and O–H groups in total. The highest BCUT2D eigenvalue weighted by Gasteiger charge is 2.41. The minimum absolute atomic E-state index is 0.0988. The molecule has 0 unspecified atom stereocenters. The number of hydrogen-bond acceptors (Lipinski definition) is 3. The monoisotopic (exact) mass is 471 g/mol. The summed E-state index contributed by atoms with van der Waals surface area (Å²) in [6.45, 7) is 3.25. The number of benzene rings is 2. The van der Waals surface area contributed by atoms with Crippen molar-refractivity contribution in [3.63, 3.8) is 0 Å². The summed E-state index contributed by atoms with van der Waals surface area (Å²) in [6.07, 6.45) is 0.289. The van der Waals surface area contributed by atoms with E-state index in [2.05, 4.69) is 5.32 Å². The second kappa shape index (κ2) is 8.78. The number of nitrogens with zero attached hydrogens (tertiary/aromatic N) is 2. The van der Waals surface area contributed by atoms with Crippen molar-refractivity contribution < 1.29 is 18.8 Å². The number of carbonyl (C=O) groups excluding carboxylic acids is 3. The van der Waals surface area contributed by atoms with Gasteiger partial charge in [-0.15, -0.1) is 0 Å². The Morgan fingerprint density at radius 3 is 2.67 bits per heavy atom. The summed E-state index contributed by atoms with van der Waals surface area (Å²) < 4.78 is 14.7. The zero-order valence-electron chi connectivity index (χ0n) is 18.9. The minimum Gasteiger partial charge on any atom is -0.344 e. The van der Waals surface area contributed by atoms with E-state index in [4.69, 9.17) is 11.6 Å². The van der Waals surface area contributed by atoms with Crippen LogP contribution < -0.4 is 5.32 Å². The average molecular weight is 472 g/mol. The molecule has 0 saturated carbocycles. The van der Waals surface area contributed by atoms with Crippen LogP contribution in [0.5, 0.6) is 0 Å². The Hall–Kier alpha value is -2.93. The first-order chi connectivity index (χ1) is 15.6. The number of amides is 3. The van der Waals surface area contributed by atoms with Gasteiger partial charge in [-0.2, -0.15) is 0 Å². The molecule has 0 aromatic heterocycles. The molecular weight excluding hydrogens is 445 g/mol. The summed E-state index contributed by atoms with van der Waals surface area (Å²) >= 11 is 6.27. The number of anilines is 1. The maximum absolute atomic E-state index is 14.7. The largest absolute Gasteiger partial charge is 0.344 e. The lowest BCUT2D eigenvalue weighted by Crippen LogP contribution is -2.50. The summed E-state index contributed by atoms with van der Waals surface area (Å²) in [5.74, 6) is -1.14. The second-order valence-electron chi connectivity index (χ2n) is 9.32. The zero-order chi connectivity index (χ0) is 23.9. The van der Waals surface area contributed by atoms with Gasteiger partial charge in [0.2, 0.25) is 11.8 Å². The molecule has 0 aliphatic carbocycles. The lowest BCUT2D eigenvalue weighted by atomic mass is 9.96. The second-order valence-corrected chi connectivity index (χ2v) is 9.72. The summed E-state index contributed by atoms with van der Waals surface area (Å²) in [5, 5.41) is 3.32. The van der Waals surface area contributed by atoms with Gasteiger partial charge >= 0.3 is 0 Å². The summed E-state index contributed by atoms with van der Waals surface area (Å²) in [4.78, 5) is 41.8. The van der Waals surface area contributed by atoms with Crippen molar-refractivity contribution in [1.82, 2.24) is 9.80 Å². The predicted octanol–water partition coefficient (Wildman–Crippen LogP) is 4.39. The van der Waals surface area contributed by atoms with Crippen molar-refractivity contribution in [2.45, 2.75) is 50.9 Å². The Kier molecular flexibility index (Phi) is 6.18. The minimum atomic E-state index is -1.66. The van der Waals surface area contributed by atoms with Gasteiger partial charge in [0.05, 0.1) is 5.92 Å². The van der Waals surface area contributed by atoms with Crippen molar-refractivity contribution in [2.24, 2.45) is 0 Å². The van der Waals surface area contributed by atoms with Crippen molar-refractivity contribution >= 4 is 35.0 Å². The van der Waals surface area contributed by atoms with E-state index in [-0.39, 0.29) is 36.6 Å². The fourth-order valence-electron chi connectivity index (χ4n) is 4.61. The average Bonchev–Trinajstić information content (AvgIpc) is 3.26. The Morgan fingerprint density at radius 2 is 1.97 bits per heavy atom. The molecule has 0 saturated heterocycles. The summed E-state index contributed by atoms with van der Waals surface area (Å²) in [6, 6.07) is 11.6. The van der Waals surface area contributed by atoms with E-state index >= 15 is 0 Å². The van der Waals surface area contributed by atoms with Crippen LogP contribution in [0.4, 0.5) is 10.1 Å². The van der Waals surface area contributed by atoms with E-state index < -0.39 is 11.7 Å². The number of rotatable bonds is 7. The Balaban J connectivity index is 1.51. The van der Waals surface area contributed by atoms with Crippen molar-refractivity contribution in [3.8, 4) is 0 Å². The molecule has 0 fully saturated rings. The quantitative estimate of drug-likeness (QED) is 0.651. The molecule has 33 heavy (non-hydrogen) atoms. The van der Waals surface area contributed by atoms with E-state index in [0.717, 1.165) is 11.3 Å². The molecule has 6 nitrogen and oxygen atoms in total. The highest BCUT2D eigenvalue weighted by atomic mass is 35.5. The van der Waals surface area contributed by atoms with Gasteiger partial charge < -0.3 is 15.1 Å². The van der Waals surface area contributed by atoms with E-state index in [1.165, 1.54) is 23.6 Å². The molecule has 174 valence electrons. The van der Waals surface area contributed by atoms with Crippen LogP contribution in [-0.2, 0) is 16.1 Å². The van der Waals surface area contributed by atoms with E-state index in [0.29, 0.717) is 29.1 Å². The number of halogens is 2. The molecule has 2 aliphatic heterocycles. The van der Waals surface area contributed by atoms with Gasteiger partial charge in [-0.25, -0.2) is 4.39 Å². The summed E-state index contributed by atoms with van der Waals surface area (Å²) in [5.41, 5.74) is 1.13. The van der Waals surface area contributed by atoms with Gasteiger partial charge in [0.1, 0.15) is 11.7 Å². The molecule has 0 spiro atoms. The van der Waals surface area contributed by atoms with Gasteiger partial charge in [0.25, 0.3) is 5.91 Å². The van der Waals surface area contributed by atoms with E-state index in [1.807, 2.05) is 24.3 Å². The number of para-hydroxylation sites is 1. The fraction of sp³-hybridized carbons (Fsp3) is 0.400. The van der Waals surface area contributed by atoms with Crippen LogP contribution in [0.25, 0.3) is 0 Å². The Morgan fingerprint density at radius 1 is 1.24 bits per heavy atom. The molecule has 2 aromatic rings. The highest BCUT2D eigenvalue weighted by Crippen LogP contribution is 2.35. The normalized spacial score (nSPS) is 18.1. The van der Waals surface area contributed by atoms with Gasteiger partial charge in [0.15, 0.2) is 0 Å². The smallest absolute Gasteiger partial charge is 0.255 e. The third-order valence-corrected chi connectivity index (χ3v) is 6.67. The van der Waals surface area contributed by atoms with Crippen molar-refractivity contribution in [1.29, 1.82) is 0 Å². The molecule has 2 aromatic carbocycles. The maximum Gasteiger partial charge on any atom is 0.255 e. The SMILES string of the molecule is CN(CC[C@H]1C(=O)Nc2ccccc21)C(=O)[C@H](CC(C)(C)F)N1Cc2c(Cl)cccc2C1=O. The third kappa shape index (κ3) is 4.60. The number of hydrogen-bond donors (Lipinski definition) is 1. The van der Waals surface area contributed by atoms with Gasteiger partial charge in [0, 0.05) is 48.4 Å². The maximum atomic E-state index is 14.7. The molecular formula is C25H27ClFN3O3. The first kappa shape index (κ1) is 23.2. The predicted molar refractivity (Wildman–Crippen MR) is 125 cm³/mol. The molecule has 0 radical (unpaired) electrons. The molecule has 4 rings (SSSR count). The molecule has 3 amide bonds. The topological polar surface area (TPSA) is 69.7 Å². The molecule has 2 aliphatic rings. The number of carbonyl (C=O) groups is 3. The standard InChI is InChI=1S/C25H27ClFN3O3/c1-25(2,27)13-21(30-14-18-17(23(30)32)8-6-9-19(18)26)24(33)29(3)12-11-16-15-7-4-5-10-20(15)28-22(16)31/h4-10,16,21H,11-14H2,1-3H3,(H,28,31)/t16-,21+/m1/s1. The van der Waals surface area contributed by atoms with Crippen LogP contribution in [0.15, 0.2) is 42.5 Å². The number of nitrogens with one attached hydrogen (secondary N) is 1. The van der Waals surface area contributed by atoms with Gasteiger partial charge in [-0.05, 0) is 44.0 Å². The van der Waals surface area contributed by atoms with Crippen LogP contribution in [-0.4, -0.2) is 52.8 Å². The Bertz CT molecular complexity index is 1110. The molecule has 0 bridgehead atoms. The van der Waals surface area contributed by atoms with Crippen molar-refractivity contribution in [2.75, 3.05) is 18.9 Å². The lowest BCUT2D eigenvalue weighted by Gasteiger charge is -2.33. The molecule has 8 heteroatoms. The van der Waals surface area contributed by atoms with Crippen LogP contribution in [0.2, 0.25) is 5.02 Å². The van der Waals surface area contributed by atoms with Gasteiger partial charge in [-0.3, -0.25) is 14.4 Å². The molecule has 2 atom stereocenters. The number of likely N-dealkylation sites (N-methyl/N-ethyl adjacent to an activating group) is 1. The number of fused-ring (bicyclic) bond motifs is 2. The van der Waals surface area contributed by atoms with Crippen LogP contribution in [0.3, 0.4) is 0 Å². The third-order valence-electron chi connectivity index (χ3n) is 6.32. The number of alkyl halides is 1. The fourth-order valence-corrected chi connectivity index (χ4v) is 4.84. The summed E-state index contributed by atoms with van der Waals surface area (Å²) in [7, 11) is 1.62. The first-order valence-corrected chi connectivity index (χ1v) is 11.4. The van der Waals surface area contributed by atoms with Crippen LogP contribution in [0.1, 0.15) is 54.1 Å². The Labute approximate surface area is 197 Å². The lowest BCUT2D eigenvalue weighted by molar-refractivity contribution is -0.136. The van der Waals surface area contributed by atoms with Crippen molar-refractivity contribution in [3.05, 3.63) is 64.2 Å². The van der Waals surface area contributed by atoms with E-state index in [9.17, 15) is 18.8 Å². The molecule has 2 heterocycles. The zero-order valence-corrected chi connectivity index (χ0v) is 19.7. The highest BCUT2D eigenvalue weighted by molar-refractivity contribution is 6.32. The van der Waals surface area contributed by atoms with E-state index in [1.54, 1.807) is 25.2 Å². The van der Waals surface area contributed by atoms with Gasteiger partial charge in [-0.1, -0.05) is 35.9 Å². The van der Waals surface area contributed by atoms with Crippen LogP contribution in [0, 0.1) is 0 Å². The first-order valence-electron chi connectivity index (χ1n) is 11.0. The van der Waals surface area contributed by atoms with Crippen LogP contribution >= 0.6 is 11.6 Å².